The molecular weight excluding hydrogens is 286 g/mol. The lowest BCUT2D eigenvalue weighted by Gasteiger charge is -2.23. The second kappa shape index (κ2) is 4.37. The van der Waals surface area contributed by atoms with Gasteiger partial charge < -0.3 is 25.2 Å². The Morgan fingerprint density at radius 1 is 1.41 bits per heavy atom. The summed E-state index contributed by atoms with van der Waals surface area (Å²) >= 11 is 0. The van der Waals surface area contributed by atoms with Gasteiger partial charge in [0.15, 0.2) is 11.5 Å². The second-order valence-electron chi connectivity index (χ2n) is 6.32. The molecule has 0 amide bonds. The smallest absolute Gasteiger partial charge is 0.166 e. The molecule has 2 saturated carbocycles. The van der Waals surface area contributed by atoms with E-state index >= 15 is 0 Å². The van der Waals surface area contributed by atoms with Crippen molar-refractivity contribution < 1.29 is 15.3 Å². The Balaban J connectivity index is 1.84. The Hall–Kier alpha value is -1.77. The molecule has 118 valence electrons. The van der Waals surface area contributed by atoms with E-state index in [1.807, 2.05) is 4.57 Å². The zero-order chi connectivity index (χ0) is 15.6. The molecule has 2 fully saturated rings. The maximum absolute atomic E-state index is 10.4. The minimum absolute atomic E-state index is 0.0354. The predicted octanol–water partition coefficient (Wildman–Crippen LogP) is -0.548. The second-order valence-corrected chi connectivity index (χ2v) is 6.32. The van der Waals surface area contributed by atoms with Crippen LogP contribution in [0.4, 0.5) is 5.82 Å². The standard InChI is InChI=1S/C14H19N5O3/c1-6-17-12(15-2)8-13(18-6)19(5-16-8)9-7-3-14(7,4-20)11(22)10(9)21/h5,7,9-11,20-22H,3-4H2,1-2H3,(H,15,17,18)/t7-,9-,10+,11+,14+/m1/s1. The van der Waals surface area contributed by atoms with Gasteiger partial charge in [-0.15, -0.1) is 0 Å². The van der Waals surface area contributed by atoms with Gasteiger partial charge >= 0.3 is 0 Å². The third kappa shape index (κ3) is 1.54. The molecule has 22 heavy (non-hydrogen) atoms. The van der Waals surface area contributed by atoms with Crippen molar-refractivity contribution in [2.75, 3.05) is 19.0 Å². The van der Waals surface area contributed by atoms with Crippen LogP contribution in [0.1, 0.15) is 18.3 Å². The van der Waals surface area contributed by atoms with Crippen LogP contribution in [0.15, 0.2) is 6.33 Å². The Morgan fingerprint density at radius 2 is 2.18 bits per heavy atom. The number of aliphatic hydroxyl groups excluding tert-OH is 3. The van der Waals surface area contributed by atoms with Crippen LogP contribution in [-0.2, 0) is 0 Å². The molecule has 0 spiro atoms. The maximum Gasteiger partial charge on any atom is 0.166 e. The number of hydrogen-bond donors (Lipinski definition) is 4. The molecule has 2 aromatic heterocycles. The molecule has 0 saturated heterocycles. The van der Waals surface area contributed by atoms with Gasteiger partial charge in [0.05, 0.1) is 25.1 Å². The number of nitrogens with zero attached hydrogens (tertiary/aromatic N) is 4. The number of anilines is 1. The van der Waals surface area contributed by atoms with Crippen LogP contribution >= 0.6 is 0 Å². The van der Waals surface area contributed by atoms with E-state index in [0.717, 1.165) is 0 Å². The minimum Gasteiger partial charge on any atom is -0.396 e. The molecule has 2 aliphatic rings. The summed E-state index contributed by atoms with van der Waals surface area (Å²) in [7, 11) is 1.77. The fourth-order valence-corrected chi connectivity index (χ4v) is 3.97. The molecular formula is C14H19N5O3. The molecule has 2 heterocycles. The first kappa shape index (κ1) is 13.9. The van der Waals surface area contributed by atoms with Gasteiger partial charge in [-0.05, 0) is 19.3 Å². The highest BCUT2D eigenvalue weighted by molar-refractivity contribution is 5.83. The molecule has 0 unspecified atom stereocenters. The van der Waals surface area contributed by atoms with E-state index in [2.05, 4.69) is 20.3 Å². The van der Waals surface area contributed by atoms with Crippen molar-refractivity contribution in [3.63, 3.8) is 0 Å². The molecule has 0 bridgehead atoms. The van der Waals surface area contributed by atoms with Crippen LogP contribution in [0.5, 0.6) is 0 Å². The Morgan fingerprint density at radius 3 is 2.82 bits per heavy atom. The SMILES string of the molecule is CNc1nc(C)nc2c1ncn2[C@H]1[C@H](O)[C@H](O)[C@]2(CO)C[C@H]12. The first-order valence-electron chi connectivity index (χ1n) is 7.39. The van der Waals surface area contributed by atoms with Crippen LogP contribution in [0.2, 0.25) is 0 Å². The number of rotatable bonds is 3. The maximum atomic E-state index is 10.4. The molecule has 2 aliphatic carbocycles. The highest BCUT2D eigenvalue weighted by Gasteiger charge is 2.71. The topological polar surface area (TPSA) is 116 Å². The summed E-state index contributed by atoms with van der Waals surface area (Å²) in [6.07, 6.45) is 0.481. The van der Waals surface area contributed by atoms with E-state index in [0.29, 0.717) is 29.2 Å². The number of fused-ring (bicyclic) bond motifs is 2. The van der Waals surface area contributed by atoms with Crippen molar-refractivity contribution >= 4 is 17.0 Å². The van der Waals surface area contributed by atoms with Crippen LogP contribution in [0.3, 0.4) is 0 Å². The Kier molecular flexibility index (Phi) is 2.76. The summed E-state index contributed by atoms with van der Waals surface area (Å²) in [5, 5.41) is 33.3. The fraction of sp³-hybridized carbons (Fsp3) is 0.643. The lowest BCUT2D eigenvalue weighted by atomic mass is 10.0. The molecule has 8 nitrogen and oxygen atoms in total. The summed E-state index contributed by atoms with van der Waals surface area (Å²) in [5.41, 5.74) is 0.694. The van der Waals surface area contributed by atoms with Gasteiger partial charge in [0.1, 0.15) is 17.4 Å². The highest BCUT2D eigenvalue weighted by Crippen LogP contribution is 2.67. The Labute approximate surface area is 126 Å². The van der Waals surface area contributed by atoms with E-state index in [1.54, 1.807) is 20.3 Å². The van der Waals surface area contributed by atoms with E-state index in [4.69, 9.17) is 0 Å². The number of aliphatic hydroxyl groups is 3. The summed E-state index contributed by atoms with van der Waals surface area (Å²) in [6.45, 7) is 1.68. The quantitative estimate of drug-likeness (QED) is 0.601. The normalized spacial score (nSPS) is 36.6. The van der Waals surface area contributed by atoms with Crippen molar-refractivity contribution in [1.82, 2.24) is 19.5 Å². The summed E-state index contributed by atoms with van der Waals surface area (Å²) in [4.78, 5) is 13.1. The van der Waals surface area contributed by atoms with Gasteiger partial charge in [0, 0.05) is 12.5 Å². The molecule has 5 atom stereocenters. The first-order valence-corrected chi connectivity index (χ1v) is 7.39. The molecule has 4 rings (SSSR count). The molecule has 0 aliphatic heterocycles. The van der Waals surface area contributed by atoms with E-state index < -0.39 is 17.6 Å². The molecule has 2 aromatic rings. The molecule has 8 heteroatoms. The van der Waals surface area contributed by atoms with Crippen LogP contribution in [0.25, 0.3) is 11.2 Å². The molecule has 0 radical (unpaired) electrons. The molecule has 4 N–H and O–H groups in total. The summed E-state index contributed by atoms with van der Waals surface area (Å²) in [6, 6.07) is -0.328. The van der Waals surface area contributed by atoms with E-state index in [9.17, 15) is 15.3 Å². The number of imidazole rings is 1. The number of aromatic nitrogens is 4. The van der Waals surface area contributed by atoms with Gasteiger partial charge in [-0.2, -0.15) is 0 Å². The van der Waals surface area contributed by atoms with Gasteiger partial charge in [0.25, 0.3) is 0 Å². The first-order chi connectivity index (χ1) is 10.5. The third-order valence-corrected chi connectivity index (χ3v) is 5.24. The third-order valence-electron chi connectivity index (χ3n) is 5.24. The number of aryl methyl sites for hydroxylation is 1. The van der Waals surface area contributed by atoms with Crippen molar-refractivity contribution in [2.45, 2.75) is 31.6 Å². The van der Waals surface area contributed by atoms with E-state index in [-0.39, 0.29) is 18.6 Å². The van der Waals surface area contributed by atoms with Gasteiger partial charge in [-0.1, -0.05) is 0 Å². The van der Waals surface area contributed by atoms with Crippen LogP contribution in [0, 0.1) is 18.3 Å². The lowest BCUT2D eigenvalue weighted by Crippen LogP contribution is -2.35. The van der Waals surface area contributed by atoms with Crippen LogP contribution in [-0.4, -0.2) is 60.7 Å². The van der Waals surface area contributed by atoms with Crippen molar-refractivity contribution in [3.05, 3.63) is 12.2 Å². The zero-order valence-electron chi connectivity index (χ0n) is 12.4. The summed E-state index contributed by atoms with van der Waals surface area (Å²) in [5.74, 6) is 1.28. The minimum atomic E-state index is -0.934. The number of hydrogen-bond acceptors (Lipinski definition) is 7. The van der Waals surface area contributed by atoms with Crippen molar-refractivity contribution in [1.29, 1.82) is 0 Å². The van der Waals surface area contributed by atoms with Crippen molar-refractivity contribution in [2.24, 2.45) is 11.3 Å². The summed E-state index contributed by atoms with van der Waals surface area (Å²) < 4.78 is 1.81. The predicted molar refractivity (Wildman–Crippen MR) is 78.3 cm³/mol. The van der Waals surface area contributed by atoms with Gasteiger partial charge in [-0.25, -0.2) is 15.0 Å². The monoisotopic (exact) mass is 305 g/mol. The lowest BCUT2D eigenvalue weighted by molar-refractivity contribution is -0.0300. The van der Waals surface area contributed by atoms with Crippen molar-refractivity contribution in [3.8, 4) is 0 Å². The van der Waals surface area contributed by atoms with Gasteiger partial charge in [-0.3, -0.25) is 0 Å². The zero-order valence-corrected chi connectivity index (χ0v) is 12.4. The van der Waals surface area contributed by atoms with Gasteiger partial charge in [0.2, 0.25) is 0 Å². The fourth-order valence-electron chi connectivity index (χ4n) is 3.97. The van der Waals surface area contributed by atoms with Crippen LogP contribution < -0.4 is 5.32 Å². The van der Waals surface area contributed by atoms with E-state index in [1.165, 1.54) is 0 Å². The average molecular weight is 305 g/mol. The Bertz CT molecular complexity index is 747. The average Bonchev–Trinajstić information content (AvgIpc) is 3.04. The number of nitrogens with one attached hydrogen (secondary N) is 1. The largest absolute Gasteiger partial charge is 0.396 e. The molecule has 0 aromatic carbocycles. The highest BCUT2D eigenvalue weighted by atomic mass is 16.3.